The second-order valence-corrected chi connectivity index (χ2v) is 23.6. The van der Waals surface area contributed by atoms with Crippen molar-refractivity contribution >= 4 is 59.1 Å². The van der Waals surface area contributed by atoms with Gasteiger partial charge in [0, 0.05) is 52.6 Å². The molecule has 13 heteroatoms. The molecule has 12 nitrogen and oxygen atoms in total. The molecule has 0 radical (unpaired) electrons. The first kappa shape index (κ1) is 66.3. The third kappa shape index (κ3) is 11.0. The van der Waals surface area contributed by atoms with E-state index in [-0.39, 0.29) is 19.8 Å². The molecule has 87 heavy (non-hydrogen) atoms. The molecular weight excluding hydrogens is 1260 g/mol. The maximum atomic E-state index is 13.2. The van der Waals surface area contributed by atoms with E-state index in [4.69, 9.17) is 20.0 Å². The standard InChI is InChI=1S/2C37H48N4O2.Os/c2*1-9-21-22(10-2)29-18-31-25(13-5)26(14-6)33(40-31)20-35-37(16-8,36(42)43)27(15-7)34(41-35)19-32-24(12-4)23(11-3)30(39-32)17-28(21)38-29;/h2*17-20,35,38,41H,9-16H2,1-8H3,(H,42,43);/b2*28-17-,29-18-,32-19-,33-20-;. The van der Waals surface area contributed by atoms with E-state index in [0.29, 0.717) is 25.7 Å². The summed E-state index contributed by atoms with van der Waals surface area (Å²) < 4.78 is 0. The maximum Gasteiger partial charge on any atom is 0.316 e. The van der Waals surface area contributed by atoms with Crippen LogP contribution < -0.4 is 32.0 Å². The average molecular weight is 1350 g/mol. The molecule has 0 fully saturated rings. The minimum atomic E-state index is -1.06. The van der Waals surface area contributed by atoms with E-state index in [1.807, 2.05) is 13.8 Å². The predicted octanol–water partition coefficient (Wildman–Crippen LogP) is 13.5. The first-order chi connectivity index (χ1) is 41.5. The second kappa shape index (κ2) is 27.4. The van der Waals surface area contributed by atoms with Crippen LogP contribution >= 0.6 is 0 Å². The molecule has 2 aromatic rings. The normalized spacial score (nSPS) is 26.8. The largest absolute Gasteiger partial charge is 0.481 e. The number of nitrogens with one attached hydrogen (secondary N) is 4. The zero-order chi connectivity index (χ0) is 62.1. The third-order valence-corrected chi connectivity index (χ3v) is 20.0. The molecule has 0 aliphatic carbocycles. The van der Waals surface area contributed by atoms with Crippen LogP contribution in [-0.2, 0) is 55.1 Å². The Kier molecular flexibility index (Phi) is 20.8. The number of carboxylic acid groups (broad SMARTS) is 2. The minimum absolute atomic E-state index is 0. The Morgan fingerprint density at radius 3 is 0.839 bits per heavy atom. The number of hydrogen-bond acceptors (Lipinski definition) is 8. The van der Waals surface area contributed by atoms with Crippen molar-refractivity contribution in [2.24, 2.45) is 30.8 Å². The molecule has 464 valence electrons. The second-order valence-electron chi connectivity index (χ2n) is 23.6. The zero-order valence-corrected chi connectivity index (χ0v) is 57.5. The molecule has 16 bridgehead atoms. The number of fused-ring (bicyclic) bond motifs is 12. The molecule has 0 aromatic carbocycles. The number of hydrogen-bond donors (Lipinski definition) is 6. The smallest absolute Gasteiger partial charge is 0.316 e. The summed E-state index contributed by atoms with van der Waals surface area (Å²) in [6, 6.07) is -0.845. The molecular formula is C74H96N8O4Os. The molecule has 6 N–H and O–H groups in total. The van der Waals surface area contributed by atoms with Crippen molar-refractivity contribution in [2.45, 2.75) is 226 Å². The Labute approximate surface area is 530 Å². The third-order valence-electron chi connectivity index (χ3n) is 20.0. The fourth-order valence-electron chi connectivity index (χ4n) is 15.9. The monoisotopic (exact) mass is 1350 g/mol. The number of rotatable bonds is 18. The number of carboxylic acids is 2. The number of nitrogens with zero attached hydrogens (tertiary/aromatic N) is 4. The van der Waals surface area contributed by atoms with Gasteiger partial charge in [0.15, 0.2) is 0 Å². The molecule has 8 aliphatic rings. The van der Waals surface area contributed by atoms with Crippen molar-refractivity contribution in [3.8, 4) is 0 Å². The van der Waals surface area contributed by atoms with Crippen LogP contribution in [0.2, 0.25) is 0 Å². The molecule has 10 rings (SSSR count). The molecule has 2 aromatic heterocycles. The molecule has 10 heterocycles. The van der Waals surface area contributed by atoms with Crippen LogP contribution in [0.25, 0.3) is 24.3 Å². The SMILES string of the molecule is CCC1=C(CC)/C2=C/C3=C(CC)C(CC)(C(=O)O)C(/C=C4N=C(/C=c5\[nH]/c(c(CC)c5CC)=C\C1=N2)C(CC)=C\4CC)N3.CCC1=C(CC)/C2=C/C3=C(CC)C(CC)(C(=O)O)C(/C=C4N=C(/C=c5\[nH]/c(c(CC)c5CC)=C\C1=N2)C(CC)=C\4CC)N3.[Os]. The van der Waals surface area contributed by atoms with Gasteiger partial charge < -0.3 is 30.8 Å². The van der Waals surface area contributed by atoms with Crippen LogP contribution in [0.4, 0.5) is 0 Å². The average Bonchev–Trinajstić information content (AvgIpc) is 1.82. The number of aromatic nitrogens is 2. The van der Waals surface area contributed by atoms with Crippen LogP contribution in [0.15, 0.2) is 134 Å². The molecule has 0 spiro atoms. The van der Waals surface area contributed by atoms with Gasteiger partial charge in [0.2, 0.25) is 0 Å². The number of aliphatic imine (C=N–C) groups is 4. The van der Waals surface area contributed by atoms with Gasteiger partial charge in [-0.2, -0.15) is 0 Å². The van der Waals surface area contributed by atoms with Gasteiger partial charge in [-0.3, -0.25) is 9.59 Å². The van der Waals surface area contributed by atoms with Gasteiger partial charge in [-0.15, -0.1) is 0 Å². The van der Waals surface area contributed by atoms with Gasteiger partial charge in [0.25, 0.3) is 0 Å². The van der Waals surface area contributed by atoms with Crippen LogP contribution in [-0.4, -0.2) is 67.1 Å². The Morgan fingerprint density at radius 1 is 0.368 bits per heavy atom. The van der Waals surface area contributed by atoms with E-state index in [9.17, 15) is 19.8 Å². The summed E-state index contributed by atoms with van der Waals surface area (Å²) in [5.41, 5.74) is 24.4. The van der Waals surface area contributed by atoms with Gasteiger partial charge in [0.05, 0.1) is 57.7 Å². The molecule has 0 amide bonds. The van der Waals surface area contributed by atoms with E-state index in [0.717, 1.165) is 167 Å². The zero-order valence-electron chi connectivity index (χ0n) is 54.9. The summed E-state index contributed by atoms with van der Waals surface area (Å²) in [6.07, 6.45) is 30.2. The van der Waals surface area contributed by atoms with Crippen molar-refractivity contribution in [1.29, 1.82) is 0 Å². The van der Waals surface area contributed by atoms with Gasteiger partial charge in [-0.1, -0.05) is 111 Å². The topological polar surface area (TPSA) is 180 Å². The molecule has 0 saturated carbocycles. The fourth-order valence-corrected chi connectivity index (χ4v) is 15.9. The van der Waals surface area contributed by atoms with Gasteiger partial charge >= 0.3 is 11.9 Å². The van der Waals surface area contributed by atoms with Crippen LogP contribution in [0.1, 0.15) is 210 Å². The Balaban J connectivity index is 0.000000223. The summed E-state index contributed by atoms with van der Waals surface area (Å²) >= 11 is 0. The number of allylic oxidation sites excluding steroid dienone is 10. The van der Waals surface area contributed by atoms with Crippen LogP contribution in [0.5, 0.6) is 0 Å². The minimum Gasteiger partial charge on any atom is -0.481 e. The Bertz CT molecular complexity index is 3660. The van der Waals surface area contributed by atoms with Crippen molar-refractivity contribution in [2.75, 3.05) is 0 Å². The fraction of sp³-hybridized carbons (Fsp3) is 0.486. The van der Waals surface area contributed by atoms with E-state index < -0.39 is 34.9 Å². The molecule has 4 atom stereocenters. The summed E-state index contributed by atoms with van der Waals surface area (Å²) in [7, 11) is 0. The van der Waals surface area contributed by atoms with Crippen LogP contribution in [0.3, 0.4) is 0 Å². The van der Waals surface area contributed by atoms with Crippen molar-refractivity contribution < 1.29 is 39.6 Å². The first-order valence-electron chi connectivity index (χ1n) is 33.0. The maximum absolute atomic E-state index is 13.2. The van der Waals surface area contributed by atoms with E-state index in [1.54, 1.807) is 0 Å². The van der Waals surface area contributed by atoms with E-state index in [1.165, 1.54) is 66.8 Å². The summed E-state index contributed by atoms with van der Waals surface area (Å²) in [6.45, 7) is 34.5. The van der Waals surface area contributed by atoms with Gasteiger partial charge in [-0.25, -0.2) is 20.0 Å². The van der Waals surface area contributed by atoms with E-state index >= 15 is 0 Å². The van der Waals surface area contributed by atoms with Crippen molar-refractivity contribution in [1.82, 2.24) is 20.6 Å². The summed E-state index contributed by atoms with van der Waals surface area (Å²) in [5, 5.41) is 33.5. The summed E-state index contributed by atoms with van der Waals surface area (Å²) in [5.74, 6) is -1.58. The first-order valence-corrected chi connectivity index (χ1v) is 33.0. The molecule has 4 unspecified atom stereocenters. The molecule has 8 aliphatic heterocycles. The Morgan fingerprint density at radius 2 is 0.621 bits per heavy atom. The van der Waals surface area contributed by atoms with Gasteiger partial charge in [0.1, 0.15) is 10.8 Å². The number of carbonyl (C=O) groups is 2. The number of aromatic amines is 2. The predicted molar refractivity (Wildman–Crippen MR) is 357 cm³/mol. The molecule has 0 saturated heterocycles. The Hall–Kier alpha value is -6.70. The summed E-state index contributed by atoms with van der Waals surface area (Å²) in [4.78, 5) is 54.9. The number of aliphatic carboxylic acids is 2. The van der Waals surface area contributed by atoms with Crippen molar-refractivity contribution in [3.05, 3.63) is 158 Å². The van der Waals surface area contributed by atoms with Gasteiger partial charge in [-0.05, 0) is 229 Å². The van der Waals surface area contributed by atoms with Crippen LogP contribution in [0, 0.1) is 10.8 Å². The van der Waals surface area contributed by atoms with E-state index in [2.05, 4.69) is 166 Å². The number of H-pyrrole nitrogens is 2. The van der Waals surface area contributed by atoms with Crippen molar-refractivity contribution in [3.63, 3.8) is 0 Å². The quantitative estimate of drug-likeness (QED) is 0.0864.